The van der Waals surface area contributed by atoms with Crippen LogP contribution < -0.4 is 10.0 Å². The molecule has 20 heavy (non-hydrogen) atoms. The van der Waals surface area contributed by atoms with Gasteiger partial charge in [-0.3, -0.25) is 4.72 Å². The highest BCUT2D eigenvalue weighted by Crippen LogP contribution is 2.22. The molecule has 2 rings (SSSR count). The standard InChI is InChI=1S/C14H23N3O2S/c1-11-9-12(6-7-14(11)16-20(3,18)19)15-13-5-4-8-17(2)10-13/h6-7,9,13,15-16H,4-5,8,10H2,1-3H3. The Morgan fingerprint density at radius 3 is 2.70 bits per heavy atom. The Balaban J connectivity index is 2.05. The first-order chi connectivity index (χ1) is 9.33. The molecular weight excluding hydrogens is 274 g/mol. The smallest absolute Gasteiger partial charge is 0.229 e. The van der Waals surface area contributed by atoms with E-state index in [1.165, 1.54) is 12.8 Å². The van der Waals surface area contributed by atoms with Crippen LogP contribution in [0.15, 0.2) is 18.2 Å². The van der Waals surface area contributed by atoms with Crippen LogP contribution in [0.5, 0.6) is 0 Å². The number of aryl methyl sites for hydroxylation is 1. The SMILES string of the molecule is Cc1cc(NC2CCCN(C)C2)ccc1NS(C)(=O)=O. The third-order valence-electron chi connectivity index (χ3n) is 3.52. The molecule has 6 heteroatoms. The van der Waals surface area contributed by atoms with E-state index in [2.05, 4.69) is 22.0 Å². The predicted octanol–water partition coefficient (Wildman–Crippen LogP) is 1.87. The van der Waals surface area contributed by atoms with Gasteiger partial charge in [0.1, 0.15) is 0 Å². The maximum atomic E-state index is 11.3. The number of nitrogens with zero attached hydrogens (tertiary/aromatic N) is 1. The number of benzene rings is 1. The normalized spacial score (nSPS) is 20.6. The summed E-state index contributed by atoms with van der Waals surface area (Å²) in [6.45, 7) is 4.11. The number of piperidine rings is 1. The van der Waals surface area contributed by atoms with Crippen molar-refractivity contribution in [1.82, 2.24) is 4.90 Å². The lowest BCUT2D eigenvalue weighted by Crippen LogP contribution is -2.39. The Morgan fingerprint density at radius 2 is 2.10 bits per heavy atom. The lowest BCUT2D eigenvalue weighted by atomic mass is 10.1. The molecule has 0 radical (unpaired) electrons. The van der Waals surface area contributed by atoms with Gasteiger partial charge in [0.25, 0.3) is 0 Å². The van der Waals surface area contributed by atoms with Crippen LogP contribution in [0.1, 0.15) is 18.4 Å². The zero-order chi connectivity index (χ0) is 14.8. The summed E-state index contributed by atoms with van der Waals surface area (Å²) in [7, 11) is -1.09. The minimum atomic E-state index is -3.22. The highest BCUT2D eigenvalue weighted by Gasteiger charge is 2.17. The Hall–Kier alpha value is -1.27. The second-order valence-electron chi connectivity index (χ2n) is 5.65. The molecule has 1 heterocycles. The molecule has 0 saturated carbocycles. The van der Waals surface area contributed by atoms with E-state index in [9.17, 15) is 8.42 Å². The molecule has 1 fully saturated rings. The van der Waals surface area contributed by atoms with Crippen molar-refractivity contribution in [3.63, 3.8) is 0 Å². The fourth-order valence-electron chi connectivity index (χ4n) is 2.59. The summed E-state index contributed by atoms with van der Waals surface area (Å²) in [5.74, 6) is 0. The minimum absolute atomic E-state index is 0.460. The molecule has 1 atom stereocenters. The lowest BCUT2D eigenvalue weighted by Gasteiger charge is -2.31. The van der Waals surface area contributed by atoms with Gasteiger partial charge in [-0.1, -0.05) is 0 Å². The molecule has 0 bridgehead atoms. The average Bonchev–Trinajstić information content (AvgIpc) is 2.31. The first-order valence-corrected chi connectivity index (χ1v) is 8.76. The van der Waals surface area contributed by atoms with Crippen molar-refractivity contribution in [2.45, 2.75) is 25.8 Å². The molecule has 5 nitrogen and oxygen atoms in total. The topological polar surface area (TPSA) is 61.4 Å². The molecule has 112 valence electrons. The highest BCUT2D eigenvalue weighted by atomic mass is 32.2. The van der Waals surface area contributed by atoms with Gasteiger partial charge in [-0.25, -0.2) is 8.42 Å². The Morgan fingerprint density at radius 1 is 1.35 bits per heavy atom. The van der Waals surface area contributed by atoms with Crippen molar-refractivity contribution in [2.75, 3.05) is 36.4 Å². The maximum Gasteiger partial charge on any atom is 0.229 e. The molecule has 1 unspecified atom stereocenters. The van der Waals surface area contributed by atoms with Gasteiger partial charge in [0.2, 0.25) is 10.0 Å². The molecule has 0 amide bonds. The molecule has 1 aliphatic heterocycles. The zero-order valence-corrected chi connectivity index (χ0v) is 13.1. The van der Waals surface area contributed by atoms with Crippen LogP contribution >= 0.6 is 0 Å². The summed E-state index contributed by atoms with van der Waals surface area (Å²) in [5, 5.41) is 3.52. The average molecular weight is 297 g/mol. The predicted molar refractivity (Wildman–Crippen MR) is 83.8 cm³/mol. The van der Waals surface area contributed by atoms with Gasteiger partial charge in [0, 0.05) is 18.3 Å². The zero-order valence-electron chi connectivity index (χ0n) is 12.3. The second kappa shape index (κ2) is 6.01. The van der Waals surface area contributed by atoms with E-state index in [4.69, 9.17) is 0 Å². The van der Waals surface area contributed by atoms with Crippen LogP contribution in [-0.2, 0) is 10.0 Å². The molecule has 0 aliphatic carbocycles. The van der Waals surface area contributed by atoms with E-state index < -0.39 is 10.0 Å². The van der Waals surface area contributed by atoms with Crippen molar-refractivity contribution in [1.29, 1.82) is 0 Å². The minimum Gasteiger partial charge on any atom is -0.381 e. The summed E-state index contributed by atoms with van der Waals surface area (Å²) in [4.78, 5) is 2.33. The lowest BCUT2D eigenvalue weighted by molar-refractivity contribution is 0.261. The third-order valence-corrected chi connectivity index (χ3v) is 4.11. The van der Waals surface area contributed by atoms with E-state index in [-0.39, 0.29) is 0 Å². The molecule has 0 spiro atoms. The molecule has 1 aromatic carbocycles. The molecule has 1 aliphatic rings. The molecular formula is C14H23N3O2S. The Labute approximate surface area is 121 Å². The summed E-state index contributed by atoms with van der Waals surface area (Å²) in [6, 6.07) is 6.18. The van der Waals surface area contributed by atoms with Gasteiger partial charge in [-0.2, -0.15) is 0 Å². The van der Waals surface area contributed by atoms with Gasteiger partial charge in [0.15, 0.2) is 0 Å². The number of likely N-dealkylation sites (N-methyl/N-ethyl adjacent to an activating group) is 1. The quantitative estimate of drug-likeness (QED) is 0.891. The van der Waals surface area contributed by atoms with Crippen LogP contribution in [-0.4, -0.2) is 45.8 Å². The molecule has 1 aromatic rings. The monoisotopic (exact) mass is 297 g/mol. The Kier molecular flexibility index (Phi) is 4.55. The van der Waals surface area contributed by atoms with Crippen molar-refractivity contribution in [2.24, 2.45) is 0 Å². The Bertz CT molecular complexity index is 572. The van der Waals surface area contributed by atoms with Gasteiger partial charge < -0.3 is 10.2 Å². The molecule has 2 N–H and O–H groups in total. The second-order valence-corrected chi connectivity index (χ2v) is 7.40. The van der Waals surface area contributed by atoms with Gasteiger partial charge in [0.05, 0.1) is 11.9 Å². The van der Waals surface area contributed by atoms with Crippen LogP contribution in [0, 0.1) is 6.92 Å². The van der Waals surface area contributed by atoms with Crippen LogP contribution in [0.3, 0.4) is 0 Å². The first kappa shape index (κ1) is 15.1. The van der Waals surface area contributed by atoms with Crippen molar-refractivity contribution >= 4 is 21.4 Å². The van der Waals surface area contributed by atoms with Crippen LogP contribution in [0.2, 0.25) is 0 Å². The number of hydrogen-bond donors (Lipinski definition) is 2. The number of nitrogens with one attached hydrogen (secondary N) is 2. The summed E-state index contributed by atoms with van der Waals surface area (Å²) in [6.07, 6.45) is 3.55. The van der Waals surface area contributed by atoms with Gasteiger partial charge in [-0.15, -0.1) is 0 Å². The van der Waals surface area contributed by atoms with Gasteiger partial charge in [-0.05, 0) is 57.1 Å². The van der Waals surface area contributed by atoms with Crippen LogP contribution in [0.25, 0.3) is 0 Å². The summed E-state index contributed by atoms with van der Waals surface area (Å²) < 4.78 is 25.0. The van der Waals surface area contributed by atoms with Gasteiger partial charge >= 0.3 is 0 Å². The number of anilines is 2. The molecule has 0 aromatic heterocycles. The maximum absolute atomic E-state index is 11.3. The number of likely N-dealkylation sites (tertiary alicyclic amines) is 1. The fourth-order valence-corrected chi connectivity index (χ4v) is 3.22. The molecule has 1 saturated heterocycles. The van der Waals surface area contributed by atoms with E-state index in [1.807, 2.05) is 25.1 Å². The number of rotatable bonds is 4. The third kappa shape index (κ3) is 4.38. The fraction of sp³-hybridized carbons (Fsp3) is 0.571. The highest BCUT2D eigenvalue weighted by molar-refractivity contribution is 7.92. The van der Waals surface area contributed by atoms with Crippen molar-refractivity contribution in [3.05, 3.63) is 23.8 Å². The summed E-state index contributed by atoms with van der Waals surface area (Å²) >= 11 is 0. The number of sulfonamides is 1. The van der Waals surface area contributed by atoms with Crippen molar-refractivity contribution in [3.8, 4) is 0 Å². The van der Waals surface area contributed by atoms with E-state index in [0.717, 1.165) is 30.6 Å². The number of hydrogen-bond acceptors (Lipinski definition) is 4. The van der Waals surface area contributed by atoms with Crippen molar-refractivity contribution < 1.29 is 8.42 Å². The largest absolute Gasteiger partial charge is 0.381 e. The first-order valence-electron chi connectivity index (χ1n) is 6.87. The van der Waals surface area contributed by atoms with Crippen LogP contribution in [0.4, 0.5) is 11.4 Å². The van der Waals surface area contributed by atoms with E-state index in [1.54, 1.807) is 0 Å². The van der Waals surface area contributed by atoms with E-state index in [0.29, 0.717) is 11.7 Å². The summed E-state index contributed by atoms with van der Waals surface area (Å²) in [5.41, 5.74) is 2.60. The van der Waals surface area contributed by atoms with E-state index >= 15 is 0 Å².